The first-order valence-corrected chi connectivity index (χ1v) is 7.16. The van der Waals surface area contributed by atoms with Gasteiger partial charge in [-0.2, -0.15) is 0 Å². The molecule has 2 aromatic rings. The molecule has 0 saturated heterocycles. The van der Waals surface area contributed by atoms with Crippen LogP contribution in [-0.4, -0.2) is 5.91 Å². The lowest BCUT2D eigenvalue weighted by molar-refractivity contribution is 0.102. The standard InChI is InChI=1S/C14H9BrCl2FNO/c1-7-3-2-4-9(12(7)15)14(20)19-8-5-10(16)13(18)11(17)6-8/h2-6H,1H3,(H,19,20). The summed E-state index contributed by atoms with van der Waals surface area (Å²) in [6.07, 6.45) is 0. The maximum Gasteiger partial charge on any atom is 0.256 e. The van der Waals surface area contributed by atoms with Gasteiger partial charge in [-0.15, -0.1) is 0 Å². The number of nitrogens with one attached hydrogen (secondary N) is 1. The second-order valence-electron chi connectivity index (χ2n) is 4.14. The Labute approximate surface area is 134 Å². The number of aryl methyl sites for hydroxylation is 1. The van der Waals surface area contributed by atoms with Gasteiger partial charge in [-0.1, -0.05) is 35.3 Å². The van der Waals surface area contributed by atoms with Crippen LogP contribution >= 0.6 is 39.1 Å². The van der Waals surface area contributed by atoms with Gasteiger partial charge in [0.2, 0.25) is 0 Å². The van der Waals surface area contributed by atoms with Crippen LogP contribution in [0, 0.1) is 12.7 Å². The Kier molecular flexibility index (Phi) is 4.68. The lowest BCUT2D eigenvalue weighted by Gasteiger charge is -2.09. The van der Waals surface area contributed by atoms with E-state index in [0.717, 1.165) is 5.56 Å². The van der Waals surface area contributed by atoms with E-state index < -0.39 is 5.82 Å². The van der Waals surface area contributed by atoms with Crippen molar-refractivity contribution in [3.63, 3.8) is 0 Å². The zero-order chi connectivity index (χ0) is 14.9. The van der Waals surface area contributed by atoms with Crippen molar-refractivity contribution in [2.45, 2.75) is 6.92 Å². The molecule has 104 valence electrons. The van der Waals surface area contributed by atoms with Crippen molar-refractivity contribution in [1.82, 2.24) is 0 Å². The van der Waals surface area contributed by atoms with Crippen molar-refractivity contribution in [1.29, 1.82) is 0 Å². The van der Waals surface area contributed by atoms with Crippen LogP contribution in [0.4, 0.5) is 10.1 Å². The van der Waals surface area contributed by atoms with Crippen LogP contribution < -0.4 is 5.32 Å². The fourth-order valence-corrected chi connectivity index (χ4v) is 2.58. The van der Waals surface area contributed by atoms with E-state index >= 15 is 0 Å². The minimum Gasteiger partial charge on any atom is -0.322 e. The largest absolute Gasteiger partial charge is 0.322 e. The van der Waals surface area contributed by atoms with E-state index in [1.807, 2.05) is 13.0 Å². The number of benzene rings is 2. The molecule has 0 aliphatic rings. The van der Waals surface area contributed by atoms with E-state index in [2.05, 4.69) is 21.2 Å². The number of rotatable bonds is 2. The lowest BCUT2D eigenvalue weighted by Crippen LogP contribution is -2.13. The topological polar surface area (TPSA) is 29.1 Å². The third-order valence-electron chi connectivity index (χ3n) is 2.68. The van der Waals surface area contributed by atoms with Crippen LogP contribution in [0.25, 0.3) is 0 Å². The zero-order valence-electron chi connectivity index (χ0n) is 10.3. The van der Waals surface area contributed by atoms with Crippen molar-refractivity contribution >= 4 is 50.7 Å². The molecule has 20 heavy (non-hydrogen) atoms. The van der Waals surface area contributed by atoms with E-state index in [1.165, 1.54) is 12.1 Å². The molecule has 0 bridgehead atoms. The number of carbonyl (C=O) groups excluding carboxylic acids is 1. The number of carbonyl (C=O) groups is 1. The SMILES string of the molecule is Cc1cccc(C(=O)Nc2cc(Cl)c(F)c(Cl)c2)c1Br. The number of halogens is 4. The molecule has 2 nitrogen and oxygen atoms in total. The van der Waals surface area contributed by atoms with Gasteiger partial charge < -0.3 is 5.32 Å². The van der Waals surface area contributed by atoms with Crippen molar-refractivity contribution in [3.05, 3.63) is 61.8 Å². The van der Waals surface area contributed by atoms with Gasteiger partial charge in [0.05, 0.1) is 15.6 Å². The summed E-state index contributed by atoms with van der Waals surface area (Å²) in [4.78, 5) is 12.2. The fraction of sp³-hybridized carbons (Fsp3) is 0.0714. The maximum absolute atomic E-state index is 13.3. The molecule has 0 unspecified atom stereocenters. The Morgan fingerprint density at radius 3 is 2.45 bits per heavy atom. The molecule has 1 N–H and O–H groups in total. The summed E-state index contributed by atoms with van der Waals surface area (Å²) in [6.45, 7) is 1.88. The predicted octanol–water partition coefficient (Wildman–Crippen LogP) is 5.46. The zero-order valence-corrected chi connectivity index (χ0v) is 13.4. The average molecular weight is 377 g/mol. The fourth-order valence-electron chi connectivity index (χ4n) is 1.65. The highest BCUT2D eigenvalue weighted by molar-refractivity contribution is 9.10. The van der Waals surface area contributed by atoms with Gasteiger partial charge in [0, 0.05) is 10.2 Å². The van der Waals surface area contributed by atoms with Crippen LogP contribution in [0.3, 0.4) is 0 Å². The molecule has 0 aliphatic heterocycles. The molecular weight excluding hydrogens is 368 g/mol. The lowest BCUT2D eigenvalue weighted by atomic mass is 10.1. The Bertz CT molecular complexity index is 668. The molecule has 2 aromatic carbocycles. The summed E-state index contributed by atoms with van der Waals surface area (Å²) in [5.74, 6) is -1.04. The van der Waals surface area contributed by atoms with Crippen LogP contribution in [0.2, 0.25) is 10.0 Å². The van der Waals surface area contributed by atoms with E-state index in [1.54, 1.807) is 12.1 Å². The average Bonchev–Trinajstić information content (AvgIpc) is 2.39. The summed E-state index contributed by atoms with van der Waals surface area (Å²) in [5, 5.41) is 2.35. The minimum atomic E-state index is -0.705. The molecular formula is C14H9BrCl2FNO. The highest BCUT2D eigenvalue weighted by Crippen LogP contribution is 2.28. The van der Waals surface area contributed by atoms with Gasteiger partial charge >= 0.3 is 0 Å². The smallest absolute Gasteiger partial charge is 0.256 e. The van der Waals surface area contributed by atoms with Gasteiger partial charge in [0.25, 0.3) is 5.91 Å². The molecule has 0 spiro atoms. The van der Waals surface area contributed by atoms with Gasteiger partial charge in [-0.05, 0) is 46.6 Å². The molecule has 1 amide bonds. The van der Waals surface area contributed by atoms with Gasteiger partial charge in [-0.3, -0.25) is 4.79 Å². The minimum absolute atomic E-state index is 0.142. The first-order chi connectivity index (χ1) is 9.40. The van der Waals surface area contributed by atoms with Crippen LogP contribution in [0.1, 0.15) is 15.9 Å². The van der Waals surface area contributed by atoms with Gasteiger partial charge in [-0.25, -0.2) is 4.39 Å². The predicted molar refractivity (Wildman–Crippen MR) is 83.3 cm³/mol. The summed E-state index contributed by atoms with van der Waals surface area (Å²) in [7, 11) is 0. The molecule has 0 saturated carbocycles. The van der Waals surface area contributed by atoms with E-state index in [-0.39, 0.29) is 16.0 Å². The van der Waals surface area contributed by atoms with Gasteiger partial charge in [0.15, 0.2) is 5.82 Å². The first-order valence-electron chi connectivity index (χ1n) is 5.61. The van der Waals surface area contributed by atoms with Crippen LogP contribution in [-0.2, 0) is 0 Å². The Morgan fingerprint density at radius 2 is 1.85 bits per heavy atom. The molecule has 0 heterocycles. The summed E-state index contributed by atoms with van der Waals surface area (Å²) in [5.41, 5.74) is 1.74. The molecule has 0 atom stereocenters. The summed E-state index contributed by atoms with van der Waals surface area (Å²) < 4.78 is 14.0. The van der Waals surface area contributed by atoms with Crippen LogP contribution in [0.5, 0.6) is 0 Å². The highest BCUT2D eigenvalue weighted by atomic mass is 79.9. The summed E-state index contributed by atoms with van der Waals surface area (Å²) >= 11 is 14.7. The Balaban J connectivity index is 2.30. The maximum atomic E-state index is 13.3. The van der Waals surface area contributed by atoms with E-state index in [0.29, 0.717) is 15.7 Å². The molecule has 0 fully saturated rings. The second kappa shape index (κ2) is 6.12. The number of hydrogen-bond acceptors (Lipinski definition) is 1. The third kappa shape index (κ3) is 3.14. The second-order valence-corrected chi connectivity index (χ2v) is 5.75. The monoisotopic (exact) mass is 375 g/mol. The Morgan fingerprint density at radius 1 is 1.25 bits per heavy atom. The normalized spacial score (nSPS) is 10.4. The molecule has 0 aromatic heterocycles. The number of amides is 1. The molecule has 0 radical (unpaired) electrons. The van der Waals surface area contributed by atoms with Crippen molar-refractivity contribution in [3.8, 4) is 0 Å². The van der Waals surface area contributed by atoms with Crippen LogP contribution in [0.15, 0.2) is 34.8 Å². The quantitative estimate of drug-likeness (QED) is 0.693. The van der Waals surface area contributed by atoms with Crippen molar-refractivity contribution < 1.29 is 9.18 Å². The third-order valence-corrected chi connectivity index (χ3v) is 4.28. The summed E-state index contributed by atoms with van der Waals surface area (Å²) in [6, 6.07) is 7.96. The van der Waals surface area contributed by atoms with Gasteiger partial charge in [0.1, 0.15) is 0 Å². The van der Waals surface area contributed by atoms with Crippen molar-refractivity contribution in [2.24, 2.45) is 0 Å². The highest BCUT2D eigenvalue weighted by Gasteiger charge is 2.14. The molecule has 0 aliphatic carbocycles. The van der Waals surface area contributed by atoms with E-state index in [9.17, 15) is 9.18 Å². The van der Waals surface area contributed by atoms with E-state index in [4.69, 9.17) is 23.2 Å². The number of hydrogen-bond donors (Lipinski definition) is 1. The first kappa shape index (κ1) is 15.3. The Hall–Kier alpha value is -1.10. The molecule has 6 heteroatoms. The molecule has 2 rings (SSSR count). The van der Waals surface area contributed by atoms with Crippen molar-refractivity contribution in [2.75, 3.05) is 5.32 Å². The number of anilines is 1.